The molecule has 0 saturated heterocycles. The molecule has 1 heterocycles. The lowest BCUT2D eigenvalue weighted by molar-refractivity contribution is -0.123. The van der Waals surface area contributed by atoms with E-state index in [4.69, 9.17) is 9.47 Å². The molecule has 0 bridgehead atoms. The molecule has 1 atom stereocenters. The lowest BCUT2D eigenvalue weighted by Gasteiger charge is -2.20. The van der Waals surface area contributed by atoms with Gasteiger partial charge in [0.1, 0.15) is 6.04 Å². The monoisotopic (exact) mass is 372 g/mol. The third kappa shape index (κ3) is 4.60. The standard InChI is InChI=1S/C20H28N4O3/c1-21-18(15-12-23-24(2)13-15)20(25)22-11-14-7-6-10-17(26-3)19(14)27-16-8-4-5-9-16/h6-7,10,12-13,16,18,21H,4-5,8-9,11H2,1-3H3,(H,22,25). The molecule has 1 aliphatic carbocycles. The first kappa shape index (κ1) is 19.2. The first-order chi connectivity index (χ1) is 13.1. The van der Waals surface area contributed by atoms with Gasteiger partial charge in [0.15, 0.2) is 11.5 Å². The van der Waals surface area contributed by atoms with Crippen LogP contribution in [0.3, 0.4) is 0 Å². The predicted octanol–water partition coefficient (Wildman–Crippen LogP) is 2.33. The zero-order chi connectivity index (χ0) is 19.2. The summed E-state index contributed by atoms with van der Waals surface area (Å²) in [5.41, 5.74) is 1.74. The highest BCUT2D eigenvalue weighted by Gasteiger charge is 2.23. The van der Waals surface area contributed by atoms with Gasteiger partial charge < -0.3 is 20.1 Å². The Morgan fingerprint density at radius 3 is 2.78 bits per heavy atom. The molecule has 7 nitrogen and oxygen atoms in total. The highest BCUT2D eigenvalue weighted by Crippen LogP contribution is 2.34. The van der Waals surface area contributed by atoms with Gasteiger partial charge in [-0.1, -0.05) is 12.1 Å². The molecule has 7 heteroatoms. The molecule has 1 amide bonds. The third-order valence-corrected chi connectivity index (χ3v) is 4.93. The number of para-hydroxylation sites is 1. The maximum Gasteiger partial charge on any atom is 0.242 e. The Morgan fingerprint density at radius 1 is 1.37 bits per heavy atom. The summed E-state index contributed by atoms with van der Waals surface area (Å²) in [4.78, 5) is 12.7. The first-order valence-corrected chi connectivity index (χ1v) is 9.38. The Labute approximate surface area is 160 Å². The summed E-state index contributed by atoms with van der Waals surface area (Å²) in [5, 5.41) is 10.2. The molecule has 1 fully saturated rings. The van der Waals surface area contributed by atoms with Crippen LogP contribution < -0.4 is 20.1 Å². The number of nitrogens with zero attached hydrogens (tertiary/aromatic N) is 2. The normalized spacial score (nSPS) is 15.5. The van der Waals surface area contributed by atoms with Crippen LogP contribution in [0.5, 0.6) is 11.5 Å². The molecule has 1 aliphatic rings. The molecular formula is C20H28N4O3. The number of likely N-dealkylation sites (N-methyl/N-ethyl adjacent to an activating group) is 1. The summed E-state index contributed by atoms with van der Waals surface area (Å²) in [6, 6.07) is 5.31. The van der Waals surface area contributed by atoms with E-state index in [9.17, 15) is 4.79 Å². The number of methoxy groups -OCH3 is 1. The number of ether oxygens (including phenoxy) is 2. The average Bonchev–Trinajstić information content (AvgIpc) is 3.33. The van der Waals surface area contributed by atoms with E-state index in [0.717, 1.165) is 29.7 Å². The van der Waals surface area contributed by atoms with Gasteiger partial charge in [-0.3, -0.25) is 9.48 Å². The maximum atomic E-state index is 12.7. The number of aryl methyl sites for hydroxylation is 1. The van der Waals surface area contributed by atoms with Crippen molar-refractivity contribution >= 4 is 5.91 Å². The van der Waals surface area contributed by atoms with Crippen LogP contribution in [-0.4, -0.2) is 35.9 Å². The van der Waals surface area contributed by atoms with Crippen molar-refractivity contribution in [1.82, 2.24) is 20.4 Å². The average molecular weight is 372 g/mol. The maximum absolute atomic E-state index is 12.7. The Bertz CT molecular complexity index is 768. The van der Waals surface area contributed by atoms with E-state index in [1.54, 1.807) is 25.0 Å². The van der Waals surface area contributed by atoms with Crippen molar-refractivity contribution in [2.45, 2.75) is 44.4 Å². The Balaban J connectivity index is 1.71. The van der Waals surface area contributed by atoms with E-state index in [0.29, 0.717) is 12.3 Å². The van der Waals surface area contributed by atoms with Crippen molar-refractivity contribution in [3.63, 3.8) is 0 Å². The number of carbonyl (C=O) groups excluding carboxylic acids is 1. The van der Waals surface area contributed by atoms with Gasteiger partial charge >= 0.3 is 0 Å². The van der Waals surface area contributed by atoms with Gasteiger partial charge in [0, 0.05) is 30.9 Å². The van der Waals surface area contributed by atoms with Gasteiger partial charge in [-0.2, -0.15) is 5.10 Å². The highest BCUT2D eigenvalue weighted by atomic mass is 16.5. The van der Waals surface area contributed by atoms with Crippen LogP contribution in [0.25, 0.3) is 0 Å². The van der Waals surface area contributed by atoms with E-state index < -0.39 is 6.04 Å². The van der Waals surface area contributed by atoms with Crippen molar-refractivity contribution in [3.05, 3.63) is 41.7 Å². The number of aromatic nitrogens is 2. The lowest BCUT2D eigenvalue weighted by atomic mass is 10.1. The summed E-state index contributed by atoms with van der Waals surface area (Å²) in [7, 11) is 5.23. The summed E-state index contributed by atoms with van der Waals surface area (Å²) in [5.74, 6) is 1.32. The van der Waals surface area contributed by atoms with Crippen LogP contribution in [-0.2, 0) is 18.4 Å². The minimum Gasteiger partial charge on any atom is -0.493 e. The van der Waals surface area contributed by atoms with Gasteiger partial charge in [-0.05, 0) is 38.8 Å². The number of hydrogen-bond donors (Lipinski definition) is 2. The molecule has 146 valence electrons. The Kier molecular flexibility index (Phi) is 6.34. The fraction of sp³-hybridized carbons (Fsp3) is 0.500. The van der Waals surface area contributed by atoms with E-state index in [1.165, 1.54) is 12.8 Å². The van der Waals surface area contributed by atoms with Crippen LogP contribution >= 0.6 is 0 Å². The van der Waals surface area contributed by atoms with Gasteiger partial charge in [0.2, 0.25) is 5.91 Å². The van der Waals surface area contributed by atoms with Crippen molar-refractivity contribution in [2.24, 2.45) is 7.05 Å². The van der Waals surface area contributed by atoms with Crippen molar-refractivity contribution < 1.29 is 14.3 Å². The molecule has 0 aliphatic heterocycles. The number of nitrogens with one attached hydrogen (secondary N) is 2. The molecule has 1 aromatic heterocycles. The summed E-state index contributed by atoms with van der Waals surface area (Å²) < 4.78 is 13.4. The van der Waals surface area contributed by atoms with Crippen LogP contribution in [0.15, 0.2) is 30.6 Å². The van der Waals surface area contributed by atoms with Crippen LogP contribution in [0.1, 0.15) is 42.9 Å². The van der Waals surface area contributed by atoms with Crippen LogP contribution in [0, 0.1) is 0 Å². The number of rotatable bonds is 8. The Hall–Kier alpha value is -2.54. The lowest BCUT2D eigenvalue weighted by Crippen LogP contribution is -2.35. The van der Waals surface area contributed by atoms with Crippen LogP contribution in [0.2, 0.25) is 0 Å². The minimum absolute atomic E-state index is 0.111. The molecule has 1 unspecified atom stereocenters. The fourth-order valence-corrected chi connectivity index (χ4v) is 3.49. The van der Waals surface area contributed by atoms with Crippen molar-refractivity contribution in [1.29, 1.82) is 0 Å². The predicted molar refractivity (Wildman–Crippen MR) is 103 cm³/mol. The van der Waals surface area contributed by atoms with E-state index >= 15 is 0 Å². The second kappa shape index (κ2) is 8.90. The number of carbonyl (C=O) groups is 1. The second-order valence-corrected chi connectivity index (χ2v) is 6.86. The van der Waals surface area contributed by atoms with E-state index in [2.05, 4.69) is 15.7 Å². The Morgan fingerprint density at radius 2 is 2.15 bits per heavy atom. The smallest absolute Gasteiger partial charge is 0.242 e. The minimum atomic E-state index is -0.455. The highest BCUT2D eigenvalue weighted by molar-refractivity contribution is 5.83. The summed E-state index contributed by atoms with van der Waals surface area (Å²) in [6.45, 7) is 0.372. The quantitative estimate of drug-likeness (QED) is 0.744. The second-order valence-electron chi connectivity index (χ2n) is 6.86. The van der Waals surface area contributed by atoms with E-state index in [1.807, 2.05) is 31.4 Å². The van der Waals surface area contributed by atoms with Gasteiger partial charge in [-0.15, -0.1) is 0 Å². The molecule has 27 heavy (non-hydrogen) atoms. The largest absolute Gasteiger partial charge is 0.493 e. The third-order valence-electron chi connectivity index (χ3n) is 4.93. The van der Waals surface area contributed by atoms with Crippen molar-refractivity contribution in [3.8, 4) is 11.5 Å². The zero-order valence-corrected chi connectivity index (χ0v) is 16.2. The molecule has 1 aromatic carbocycles. The molecule has 3 rings (SSSR count). The van der Waals surface area contributed by atoms with Gasteiger partial charge in [-0.25, -0.2) is 0 Å². The molecule has 2 N–H and O–H groups in total. The summed E-state index contributed by atoms with van der Waals surface area (Å²) in [6.07, 6.45) is 8.26. The number of benzene rings is 1. The van der Waals surface area contributed by atoms with Gasteiger partial charge in [0.25, 0.3) is 0 Å². The molecular weight excluding hydrogens is 344 g/mol. The fourth-order valence-electron chi connectivity index (χ4n) is 3.49. The summed E-state index contributed by atoms with van der Waals surface area (Å²) >= 11 is 0. The molecule has 0 radical (unpaired) electrons. The van der Waals surface area contributed by atoms with Gasteiger partial charge in [0.05, 0.1) is 19.4 Å². The topological polar surface area (TPSA) is 77.4 Å². The number of amides is 1. The molecule has 0 spiro atoms. The molecule has 1 saturated carbocycles. The SMILES string of the molecule is CNC(C(=O)NCc1cccc(OC)c1OC1CCCC1)c1cnn(C)c1. The zero-order valence-electron chi connectivity index (χ0n) is 16.2. The molecule has 2 aromatic rings. The first-order valence-electron chi connectivity index (χ1n) is 9.38. The van der Waals surface area contributed by atoms with Crippen LogP contribution in [0.4, 0.5) is 0 Å². The number of hydrogen-bond acceptors (Lipinski definition) is 5. The van der Waals surface area contributed by atoms with Crippen molar-refractivity contribution in [2.75, 3.05) is 14.2 Å². The van der Waals surface area contributed by atoms with E-state index in [-0.39, 0.29) is 12.0 Å².